The highest BCUT2D eigenvalue weighted by Gasteiger charge is 2.22. The Hall–Kier alpha value is -2.26. The van der Waals surface area contributed by atoms with Crippen molar-refractivity contribution in [2.24, 2.45) is 0 Å². The third kappa shape index (κ3) is 3.61. The van der Waals surface area contributed by atoms with Gasteiger partial charge in [-0.15, -0.1) is 0 Å². The zero-order valence-electron chi connectivity index (χ0n) is 16.6. The van der Waals surface area contributed by atoms with Gasteiger partial charge in [-0.25, -0.2) is 0 Å². The molecule has 0 saturated carbocycles. The lowest BCUT2D eigenvalue weighted by Crippen LogP contribution is -2.26. The molecule has 142 valence electrons. The lowest BCUT2D eigenvalue weighted by molar-refractivity contribution is 0.458. The minimum atomic E-state index is 0.173. The minimum Gasteiger partial charge on any atom is -0.507 e. The standard InChI is InChI=1S/C24H30N2O/c1-24(2,3)19-9-7-17(8-10-19)15-26-16-20(18-11-13-25-14-12-18)23-21(26)5-4-6-22(23)27/h4-10,16,18,25,27H,11-15H2,1-3H3. The highest BCUT2D eigenvalue weighted by atomic mass is 16.3. The molecular weight excluding hydrogens is 332 g/mol. The van der Waals surface area contributed by atoms with E-state index in [1.165, 1.54) is 16.7 Å². The van der Waals surface area contributed by atoms with Gasteiger partial charge in [-0.05, 0) is 66.1 Å². The number of aromatic hydroxyl groups is 1. The van der Waals surface area contributed by atoms with Gasteiger partial charge in [0.15, 0.2) is 0 Å². The fourth-order valence-corrected chi connectivity index (χ4v) is 4.25. The Morgan fingerprint density at radius 1 is 1.04 bits per heavy atom. The van der Waals surface area contributed by atoms with E-state index >= 15 is 0 Å². The number of phenols is 1. The molecule has 1 aliphatic heterocycles. The van der Waals surface area contributed by atoms with Crippen LogP contribution in [0.4, 0.5) is 0 Å². The third-order valence-corrected chi connectivity index (χ3v) is 5.87. The second-order valence-corrected chi connectivity index (χ2v) is 8.85. The van der Waals surface area contributed by atoms with Crippen molar-refractivity contribution in [3.05, 3.63) is 65.4 Å². The number of hydrogen-bond donors (Lipinski definition) is 2. The van der Waals surface area contributed by atoms with Crippen molar-refractivity contribution in [1.29, 1.82) is 0 Å². The quantitative estimate of drug-likeness (QED) is 0.675. The lowest BCUT2D eigenvalue weighted by atomic mass is 9.87. The summed E-state index contributed by atoms with van der Waals surface area (Å²) in [7, 11) is 0. The third-order valence-electron chi connectivity index (χ3n) is 5.87. The SMILES string of the molecule is CC(C)(C)c1ccc(Cn2cc(C3CCNCC3)c3c(O)cccc32)cc1. The molecule has 27 heavy (non-hydrogen) atoms. The smallest absolute Gasteiger partial charge is 0.125 e. The number of piperidine rings is 1. The van der Waals surface area contributed by atoms with E-state index < -0.39 is 0 Å². The predicted octanol–water partition coefficient (Wildman–Crippen LogP) is 5.16. The molecular formula is C24H30N2O. The van der Waals surface area contributed by atoms with Gasteiger partial charge in [0.2, 0.25) is 0 Å². The van der Waals surface area contributed by atoms with Gasteiger partial charge in [-0.2, -0.15) is 0 Å². The van der Waals surface area contributed by atoms with Crippen LogP contribution in [0.2, 0.25) is 0 Å². The zero-order valence-corrected chi connectivity index (χ0v) is 16.6. The molecule has 1 aromatic heterocycles. The Labute approximate surface area is 162 Å². The number of fused-ring (bicyclic) bond motifs is 1. The Bertz CT molecular complexity index is 925. The summed E-state index contributed by atoms with van der Waals surface area (Å²) in [6.07, 6.45) is 4.54. The van der Waals surface area contributed by atoms with Crippen LogP contribution in [0.15, 0.2) is 48.7 Å². The summed E-state index contributed by atoms with van der Waals surface area (Å²) in [5.41, 5.74) is 5.25. The normalized spacial score (nSPS) is 16.1. The number of benzene rings is 2. The molecule has 0 radical (unpaired) electrons. The molecule has 3 heteroatoms. The van der Waals surface area contributed by atoms with Gasteiger partial charge in [0.25, 0.3) is 0 Å². The van der Waals surface area contributed by atoms with E-state index in [9.17, 15) is 5.11 Å². The molecule has 4 rings (SSSR count). The molecule has 0 bridgehead atoms. The molecule has 2 N–H and O–H groups in total. The van der Waals surface area contributed by atoms with Crippen molar-refractivity contribution in [2.75, 3.05) is 13.1 Å². The van der Waals surface area contributed by atoms with Gasteiger partial charge in [-0.3, -0.25) is 0 Å². The second-order valence-electron chi connectivity index (χ2n) is 8.85. The van der Waals surface area contributed by atoms with Gasteiger partial charge in [0.05, 0.1) is 5.52 Å². The topological polar surface area (TPSA) is 37.2 Å². The van der Waals surface area contributed by atoms with Crippen molar-refractivity contribution >= 4 is 10.9 Å². The van der Waals surface area contributed by atoms with Crippen LogP contribution >= 0.6 is 0 Å². The Morgan fingerprint density at radius 2 is 1.74 bits per heavy atom. The van der Waals surface area contributed by atoms with Crippen molar-refractivity contribution in [2.45, 2.75) is 51.5 Å². The summed E-state index contributed by atoms with van der Waals surface area (Å²) in [4.78, 5) is 0. The highest BCUT2D eigenvalue weighted by Crippen LogP contribution is 2.37. The first-order valence-electron chi connectivity index (χ1n) is 10.0. The van der Waals surface area contributed by atoms with Crippen molar-refractivity contribution in [3.63, 3.8) is 0 Å². The van der Waals surface area contributed by atoms with Crippen LogP contribution in [0.3, 0.4) is 0 Å². The Morgan fingerprint density at radius 3 is 2.41 bits per heavy atom. The van der Waals surface area contributed by atoms with Crippen LogP contribution in [-0.4, -0.2) is 22.8 Å². The maximum atomic E-state index is 10.6. The summed E-state index contributed by atoms with van der Waals surface area (Å²) in [6.45, 7) is 9.67. The van der Waals surface area contributed by atoms with Crippen LogP contribution < -0.4 is 5.32 Å². The van der Waals surface area contributed by atoms with Gasteiger partial charge < -0.3 is 15.0 Å². The van der Waals surface area contributed by atoms with Gasteiger partial charge >= 0.3 is 0 Å². The van der Waals surface area contributed by atoms with Gasteiger partial charge in [0.1, 0.15) is 5.75 Å². The summed E-state index contributed by atoms with van der Waals surface area (Å²) >= 11 is 0. The number of aromatic nitrogens is 1. The molecule has 2 heterocycles. The maximum Gasteiger partial charge on any atom is 0.125 e. The largest absolute Gasteiger partial charge is 0.507 e. The zero-order chi connectivity index (χ0) is 19.0. The number of nitrogens with zero attached hydrogens (tertiary/aromatic N) is 1. The molecule has 1 saturated heterocycles. The first-order valence-corrected chi connectivity index (χ1v) is 10.0. The van der Waals surface area contributed by atoms with Crippen LogP contribution in [0, 0.1) is 0 Å². The highest BCUT2D eigenvalue weighted by molar-refractivity contribution is 5.90. The monoisotopic (exact) mass is 362 g/mol. The summed E-state index contributed by atoms with van der Waals surface area (Å²) in [6, 6.07) is 14.8. The fourth-order valence-electron chi connectivity index (χ4n) is 4.25. The molecule has 0 atom stereocenters. The van der Waals surface area contributed by atoms with E-state index in [1.54, 1.807) is 0 Å². The van der Waals surface area contributed by atoms with Crippen LogP contribution in [-0.2, 0) is 12.0 Å². The van der Waals surface area contributed by atoms with Crippen molar-refractivity contribution in [1.82, 2.24) is 9.88 Å². The van der Waals surface area contributed by atoms with Gasteiger partial charge in [0, 0.05) is 18.1 Å². The van der Waals surface area contributed by atoms with E-state index in [-0.39, 0.29) is 5.41 Å². The molecule has 3 aromatic rings. The van der Waals surface area contributed by atoms with E-state index in [2.05, 4.69) is 67.2 Å². The van der Waals surface area contributed by atoms with Gasteiger partial charge in [-0.1, -0.05) is 51.1 Å². The summed E-state index contributed by atoms with van der Waals surface area (Å²) in [5, 5.41) is 15.0. The summed E-state index contributed by atoms with van der Waals surface area (Å²) in [5.74, 6) is 0.925. The van der Waals surface area contributed by atoms with E-state index in [4.69, 9.17) is 0 Å². The van der Waals surface area contributed by atoms with E-state index in [0.717, 1.165) is 43.4 Å². The number of phenolic OH excluding ortho intramolecular Hbond substituents is 1. The number of rotatable bonds is 3. The Balaban J connectivity index is 1.70. The summed E-state index contributed by atoms with van der Waals surface area (Å²) < 4.78 is 2.30. The molecule has 0 unspecified atom stereocenters. The predicted molar refractivity (Wildman–Crippen MR) is 113 cm³/mol. The molecule has 1 aliphatic rings. The molecule has 1 fully saturated rings. The minimum absolute atomic E-state index is 0.173. The Kier molecular flexibility index (Phi) is 4.73. The molecule has 0 spiro atoms. The maximum absolute atomic E-state index is 10.6. The fraction of sp³-hybridized carbons (Fsp3) is 0.417. The first-order chi connectivity index (χ1) is 12.9. The molecule has 0 aliphatic carbocycles. The van der Waals surface area contributed by atoms with Crippen LogP contribution in [0.25, 0.3) is 10.9 Å². The molecule has 0 amide bonds. The van der Waals surface area contributed by atoms with Crippen LogP contribution in [0.1, 0.15) is 56.2 Å². The first kappa shape index (κ1) is 18.1. The second kappa shape index (κ2) is 7.05. The molecule has 2 aromatic carbocycles. The van der Waals surface area contributed by atoms with Crippen molar-refractivity contribution < 1.29 is 5.11 Å². The lowest BCUT2D eigenvalue weighted by Gasteiger charge is -2.22. The number of nitrogens with one attached hydrogen (secondary N) is 1. The number of hydrogen-bond acceptors (Lipinski definition) is 2. The van der Waals surface area contributed by atoms with E-state index in [1.807, 2.05) is 12.1 Å². The average molecular weight is 363 g/mol. The van der Waals surface area contributed by atoms with Crippen LogP contribution in [0.5, 0.6) is 5.75 Å². The molecule has 3 nitrogen and oxygen atoms in total. The van der Waals surface area contributed by atoms with Crippen molar-refractivity contribution in [3.8, 4) is 5.75 Å². The van der Waals surface area contributed by atoms with E-state index in [0.29, 0.717) is 11.7 Å². The average Bonchev–Trinajstić information content (AvgIpc) is 3.02.